The van der Waals surface area contributed by atoms with Gasteiger partial charge in [-0.2, -0.15) is 5.01 Å². The number of carbonyl (C=O) groups excluding carboxylic acids is 5. The van der Waals surface area contributed by atoms with Gasteiger partial charge in [0.05, 0.1) is 28.0 Å². The molecule has 1 saturated heterocycles. The first-order valence-electron chi connectivity index (χ1n) is 13.0. The molecule has 1 aliphatic carbocycles. The summed E-state index contributed by atoms with van der Waals surface area (Å²) >= 11 is 15.6. The molecule has 1 aliphatic heterocycles. The van der Waals surface area contributed by atoms with Gasteiger partial charge in [0, 0.05) is 15.1 Å². The number of benzene rings is 3. The van der Waals surface area contributed by atoms with E-state index in [1.165, 1.54) is 42.5 Å². The number of imide groups is 1. The van der Waals surface area contributed by atoms with Gasteiger partial charge in [-0.15, -0.1) is 0 Å². The second-order valence-corrected chi connectivity index (χ2v) is 11.7. The van der Waals surface area contributed by atoms with E-state index in [-0.39, 0.29) is 27.8 Å². The van der Waals surface area contributed by atoms with E-state index in [9.17, 15) is 24.0 Å². The number of ketones is 1. The molecule has 0 N–H and O–H groups in total. The summed E-state index contributed by atoms with van der Waals surface area (Å²) in [6, 6.07) is 16.6. The van der Waals surface area contributed by atoms with E-state index in [1.54, 1.807) is 24.3 Å². The molecule has 8 nitrogen and oxygen atoms in total. The van der Waals surface area contributed by atoms with E-state index in [4.69, 9.17) is 27.9 Å². The highest BCUT2D eigenvalue weighted by atomic mass is 79.9. The molecule has 1 heterocycles. The predicted molar refractivity (Wildman–Crippen MR) is 159 cm³/mol. The summed E-state index contributed by atoms with van der Waals surface area (Å²) in [6.45, 7) is 1.22. The predicted octanol–water partition coefficient (Wildman–Crippen LogP) is 6.41. The summed E-state index contributed by atoms with van der Waals surface area (Å²) in [4.78, 5) is 66.7. The highest BCUT2D eigenvalue weighted by molar-refractivity contribution is 9.10. The first-order valence-corrected chi connectivity index (χ1v) is 14.5. The summed E-state index contributed by atoms with van der Waals surface area (Å²) < 4.78 is 6.20. The van der Waals surface area contributed by atoms with E-state index < -0.39 is 47.9 Å². The molecule has 3 aromatic rings. The lowest BCUT2D eigenvalue weighted by Gasteiger charge is -2.30. The van der Waals surface area contributed by atoms with Crippen LogP contribution >= 0.6 is 39.1 Å². The molecule has 5 rings (SSSR count). The molecule has 214 valence electrons. The Bertz CT molecular complexity index is 1620. The third kappa shape index (κ3) is 5.90. The molecule has 42 heavy (non-hydrogen) atoms. The number of ether oxygens (including phenoxy) is 1. The highest BCUT2D eigenvalue weighted by Crippen LogP contribution is 2.39. The zero-order valence-electron chi connectivity index (χ0n) is 22.1. The van der Waals surface area contributed by atoms with Crippen LogP contribution in [0.3, 0.4) is 0 Å². The standard InChI is InChI=1S/C31H23BrCl2N2O6/c1-17-3-2-4-24-27(17)30(40)36(29(24)39)35(28(38)23-14-11-21(33)15-25(23)34)16-26(37)18-7-12-22(13-8-18)42-31(41)19-5-9-20(32)10-6-19/h2-3,5-15,17,24,27H,4,16H2,1H3/t17-,24+,27+/m1/s1. The van der Waals surface area contributed by atoms with Crippen molar-refractivity contribution in [2.75, 3.05) is 6.54 Å². The van der Waals surface area contributed by atoms with Crippen LogP contribution in [0.25, 0.3) is 0 Å². The fourth-order valence-corrected chi connectivity index (χ4v) is 5.85. The summed E-state index contributed by atoms with van der Waals surface area (Å²) in [5.41, 5.74) is 0.495. The van der Waals surface area contributed by atoms with Crippen LogP contribution in [0.4, 0.5) is 0 Å². The zero-order valence-corrected chi connectivity index (χ0v) is 25.2. The number of halogens is 3. The average molecular weight is 670 g/mol. The Morgan fingerprint density at radius 2 is 1.62 bits per heavy atom. The number of rotatable bonds is 7. The van der Waals surface area contributed by atoms with Crippen molar-refractivity contribution < 1.29 is 28.7 Å². The van der Waals surface area contributed by atoms with Gasteiger partial charge >= 0.3 is 5.97 Å². The average Bonchev–Trinajstić information content (AvgIpc) is 3.22. The van der Waals surface area contributed by atoms with Crippen molar-refractivity contribution in [3.05, 3.63) is 110 Å². The zero-order chi connectivity index (χ0) is 30.1. The monoisotopic (exact) mass is 668 g/mol. The first kappa shape index (κ1) is 29.7. The Morgan fingerprint density at radius 1 is 0.952 bits per heavy atom. The number of esters is 1. The van der Waals surface area contributed by atoms with E-state index in [2.05, 4.69) is 15.9 Å². The molecule has 0 saturated carbocycles. The summed E-state index contributed by atoms with van der Waals surface area (Å²) in [5, 5.41) is 1.94. The molecule has 11 heteroatoms. The molecule has 0 bridgehead atoms. The number of allylic oxidation sites excluding steroid dienone is 2. The van der Waals surface area contributed by atoms with E-state index >= 15 is 0 Å². The second kappa shape index (κ2) is 12.2. The van der Waals surface area contributed by atoms with Crippen molar-refractivity contribution in [3.63, 3.8) is 0 Å². The topological polar surface area (TPSA) is 101 Å². The van der Waals surface area contributed by atoms with Gasteiger partial charge < -0.3 is 4.74 Å². The number of hydrazine groups is 1. The lowest BCUT2D eigenvalue weighted by molar-refractivity contribution is -0.154. The smallest absolute Gasteiger partial charge is 0.343 e. The largest absolute Gasteiger partial charge is 0.423 e. The maximum atomic E-state index is 13.8. The molecule has 0 aromatic heterocycles. The number of nitrogens with zero attached hydrogens (tertiary/aromatic N) is 2. The van der Waals surface area contributed by atoms with Gasteiger partial charge in [-0.25, -0.2) is 9.80 Å². The van der Waals surface area contributed by atoms with Crippen molar-refractivity contribution in [1.82, 2.24) is 10.0 Å². The second-order valence-electron chi connectivity index (χ2n) is 9.97. The SMILES string of the molecule is C[C@@H]1C=CC[C@@H]2C(=O)N(N(CC(=O)c3ccc(OC(=O)c4ccc(Br)cc4)cc3)C(=O)c3ccc(Cl)cc3Cl)C(=O)[C@@H]12. The Kier molecular flexibility index (Phi) is 8.63. The van der Waals surface area contributed by atoms with Crippen LogP contribution in [-0.4, -0.2) is 46.0 Å². The lowest BCUT2D eigenvalue weighted by Crippen LogP contribution is -2.52. The number of fused-ring (bicyclic) bond motifs is 1. The normalized spacial score (nSPS) is 19.4. The fourth-order valence-electron chi connectivity index (χ4n) is 5.09. The van der Waals surface area contributed by atoms with Gasteiger partial charge in [0.2, 0.25) is 0 Å². The summed E-state index contributed by atoms with van der Waals surface area (Å²) in [7, 11) is 0. The van der Waals surface area contributed by atoms with Gasteiger partial charge in [-0.05, 0) is 79.1 Å². The molecule has 1 fully saturated rings. The van der Waals surface area contributed by atoms with Gasteiger partial charge in [0.1, 0.15) is 12.3 Å². The minimum absolute atomic E-state index is 0.00781. The van der Waals surface area contributed by atoms with Gasteiger partial charge in [-0.1, -0.05) is 58.2 Å². The Hall–Kier alpha value is -3.79. The van der Waals surface area contributed by atoms with Crippen LogP contribution in [0.5, 0.6) is 5.75 Å². The van der Waals surface area contributed by atoms with E-state index in [0.717, 1.165) is 14.5 Å². The first-order chi connectivity index (χ1) is 20.0. The minimum Gasteiger partial charge on any atom is -0.423 e. The van der Waals surface area contributed by atoms with Crippen molar-refractivity contribution in [2.24, 2.45) is 17.8 Å². The third-order valence-electron chi connectivity index (χ3n) is 7.25. The summed E-state index contributed by atoms with van der Waals surface area (Å²) in [6.07, 6.45) is 4.07. The number of carbonyl (C=O) groups is 5. The molecule has 0 radical (unpaired) electrons. The third-order valence-corrected chi connectivity index (χ3v) is 8.32. The fraction of sp³-hybridized carbons (Fsp3) is 0.194. The van der Waals surface area contributed by atoms with Crippen LogP contribution in [0.15, 0.2) is 83.4 Å². The van der Waals surface area contributed by atoms with Crippen LogP contribution in [-0.2, 0) is 9.59 Å². The van der Waals surface area contributed by atoms with Gasteiger partial charge in [0.25, 0.3) is 17.7 Å². The van der Waals surface area contributed by atoms with Crippen molar-refractivity contribution in [2.45, 2.75) is 13.3 Å². The van der Waals surface area contributed by atoms with Crippen LogP contribution < -0.4 is 4.74 Å². The highest BCUT2D eigenvalue weighted by Gasteiger charge is 2.53. The Morgan fingerprint density at radius 3 is 2.26 bits per heavy atom. The maximum absolute atomic E-state index is 13.8. The molecule has 3 amide bonds. The van der Waals surface area contributed by atoms with Gasteiger partial charge in [-0.3, -0.25) is 19.2 Å². The number of Topliss-reactive ketones (excluding diaryl/α,β-unsaturated/α-hetero) is 1. The molecule has 2 aliphatic rings. The van der Waals surface area contributed by atoms with Crippen LogP contribution in [0.2, 0.25) is 10.0 Å². The minimum atomic E-state index is -0.800. The Balaban J connectivity index is 1.40. The van der Waals surface area contributed by atoms with Crippen molar-refractivity contribution in [1.29, 1.82) is 0 Å². The van der Waals surface area contributed by atoms with E-state index in [0.29, 0.717) is 17.0 Å². The quantitative estimate of drug-likeness (QED) is 0.0947. The molecular formula is C31H23BrCl2N2O6. The van der Waals surface area contributed by atoms with Crippen molar-refractivity contribution in [3.8, 4) is 5.75 Å². The number of hydrogen-bond donors (Lipinski definition) is 0. The molecular weight excluding hydrogens is 647 g/mol. The molecule has 0 unspecified atom stereocenters. The number of amides is 3. The maximum Gasteiger partial charge on any atom is 0.343 e. The molecule has 3 atom stereocenters. The van der Waals surface area contributed by atoms with Crippen LogP contribution in [0, 0.1) is 17.8 Å². The molecule has 0 spiro atoms. The number of hydrogen-bond acceptors (Lipinski definition) is 6. The van der Waals surface area contributed by atoms with Crippen molar-refractivity contribution >= 4 is 68.6 Å². The molecule has 3 aromatic carbocycles. The Labute approximate surface area is 259 Å². The summed E-state index contributed by atoms with van der Waals surface area (Å²) in [5.74, 6) is -4.33. The van der Waals surface area contributed by atoms with Crippen LogP contribution in [0.1, 0.15) is 44.4 Å². The van der Waals surface area contributed by atoms with Gasteiger partial charge in [0.15, 0.2) is 5.78 Å². The lowest BCUT2D eigenvalue weighted by atomic mass is 9.78. The van der Waals surface area contributed by atoms with E-state index in [1.807, 2.05) is 19.1 Å².